The number of carbonyl (C=O) groups excluding carboxylic acids is 2. The lowest BCUT2D eigenvalue weighted by atomic mass is 9.95. The number of amides is 2. The van der Waals surface area contributed by atoms with Crippen LogP contribution in [0.1, 0.15) is 39.0 Å². The second-order valence-corrected chi connectivity index (χ2v) is 5.94. The molecule has 0 unspecified atom stereocenters. The van der Waals surface area contributed by atoms with Crippen LogP contribution >= 0.6 is 0 Å². The van der Waals surface area contributed by atoms with Crippen molar-refractivity contribution in [2.45, 2.75) is 45.1 Å². The first-order valence-corrected chi connectivity index (χ1v) is 8.09. The van der Waals surface area contributed by atoms with Gasteiger partial charge < -0.3 is 11.1 Å². The normalized spacial score (nSPS) is 15.4. The van der Waals surface area contributed by atoms with E-state index in [1.54, 1.807) is 24.3 Å². The highest BCUT2D eigenvalue weighted by Gasteiger charge is 2.20. The predicted molar refractivity (Wildman–Crippen MR) is 92.7 cm³/mol. The standard InChI is InChI=1S/C18H22N4O2/c1-13(23)22(17-9-7-15(20)8-10-17)12-14(11-19)18(24)21-16-5-3-2-4-6-16/h7-10,12,16H,2-6,20H2,1H3,(H,21,24)/b14-12-. The van der Waals surface area contributed by atoms with Crippen molar-refractivity contribution in [3.05, 3.63) is 36.0 Å². The molecule has 0 aliphatic heterocycles. The smallest absolute Gasteiger partial charge is 0.263 e. The van der Waals surface area contributed by atoms with E-state index in [1.807, 2.05) is 6.07 Å². The van der Waals surface area contributed by atoms with Crippen molar-refractivity contribution >= 4 is 23.2 Å². The number of nitrogens with one attached hydrogen (secondary N) is 1. The van der Waals surface area contributed by atoms with Crippen molar-refractivity contribution in [3.8, 4) is 6.07 Å². The van der Waals surface area contributed by atoms with Crippen LogP contribution in [0.15, 0.2) is 36.0 Å². The second kappa shape index (κ2) is 8.16. The molecule has 24 heavy (non-hydrogen) atoms. The van der Waals surface area contributed by atoms with E-state index < -0.39 is 5.91 Å². The van der Waals surface area contributed by atoms with E-state index in [9.17, 15) is 14.9 Å². The zero-order valence-corrected chi connectivity index (χ0v) is 13.8. The van der Waals surface area contributed by atoms with Gasteiger partial charge >= 0.3 is 0 Å². The van der Waals surface area contributed by atoms with E-state index in [4.69, 9.17) is 5.73 Å². The number of hydrogen-bond donors (Lipinski definition) is 2. The van der Waals surface area contributed by atoms with E-state index in [1.165, 1.54) is 24.4 Å². The van der Waals surface area contributed by atoms with Gasteiger partial charge in [0.1, 0.15) is 11.6 Å². The second-order valence-electron chi connectivity index (χ2n) is 5.94. The molecule has 2 rings (SSSR count). The average molecular weight is 326 g/mol. The summed E-state index contributed by atoms with van der Waals surface area (Å²) in [4.78, 5) is 25.5. The summed E-state index contributed by atoms with van der Waals surface area (Å²) in [5, 5.41) is 12.2. The topological polar surface area (TPSA) is 99.2 Å². The number of benzene rings is 1. The predicted octanol–water partition coefficient (Wildman–Crippen LogP) is 2.48. The van der Waals surface area contributed by atoms with Gasteiger partial charge in [0.05, 0.1) is 0 Å². The first-order valence-electron chi connectivity index (χ1n) is 8.09. The van der Waals surface area contributed by atoms with E-state index in [2.05, 4.69) is 5.32 Å². The first kappa shape index (κ1) is 17.5. The van der Waals surface area contributed by atoms with Crippen LogP contribution in [0.4, 0.5) is 11.4 Å². The zero-order valence-electron chi connectivity index (χ0n) is 13.8. The maximum atomic E-state index is 12.3. The molecule has 1 aromatic carbocycles. The van der Waals surface area contributed by atoms with Crippen molar-refractivity contribution in [2.24, 2.45) is 0 Å². The Kier molecular flexibility index (Phi) is 5.96. The van der Waals surface area contributed by atoms with Crippen LogP contribution in [0.2, 0.25) is 0 Å². The van der Waals surface area contributed by atoms with Crippen molar-refractivity contribution in [1.29, 1.82) is 5.26 Å². The van der Waals surface area contributed by atoms with Gasteiger partial charge in [-0.05, 0) is 37.1 Å². The lowest BCUT2D eigenvalue weighted by Gasteiger charge is -2.23. The Balaban J connectivity index is 2.18. The summed E-state index contributed by atoms with van der Waals surface area (Å²) in [6.45, 7) is 1.38. The fraction of sp³-hybridized carbons (Fsp3) is 0.389. The highest BCUT2D eigenvalue weighted by atomic mass is 16.2. The van der Waals surface area contributed by atoms with Crippen LogP contribution < -0.4 is 16.0 Å². The van der Waals surface area contributed by atoms with E-state index in [0.717, 1.165) is 25.7 Å². The number of nitrogen functional groups attached to an aromatic ring is 1. The van der Waals surface area contributed by atoms with Gasteiger partial charge in [0.15, 0.2) is 0 Å². The molecular formula is C18H22N4O2. The number of rotatable bonds is 4. The van der Waals surface area contributed by atoms with Gasteiger partial charge in [0.25, 0.3) is 5.91 Å². The van der Waals surface area contributed by atoms with Crippen LogP contribution in [0.5, 0.6) is 0 Å². The molecule has 1 saturated carbocycles. The quantitative estimate of drug-likeness (QED) is 0.504. The summed E-state index contributed by atoms with van der Waals surface area (Å²) in [6, 6.07) is 8.65. The number of carbonyl (C=O) groups is 2. The lowest BCUT2D eigenvalue weighted by Crippen LogP contribution is -2.37. The summed E-state index contributed by atoms with van der Waals surface area (Å²) in [7, 11) is 0. The molecule has 126 valence electrons. The molecule has 1 fully saturated rings. The maximum absolute atomic E-state index is 12.3. The van der Waals surface area contributed by atoms with Gasteiger partial charge in [0.2, 0.25) is 5.91 Å². The molecule has 0 spiro atoms. The van der Waals surface area contributed by atoms with Crippen molar-refractivity contribution < 1.29 is 9.59 Å². The Bertz CT molecular complexity index is 667. The largest absolute Gasteiger partial charge is 0.399 e. The monoisotopic (exact) mass is 326 g/mol. The maximum Gasteiger partial charge on any atom is 0.263 e. The Labute approximate surface area is 141 Å². The molecule has 0 radical (unpaired) electrons. The van der Waals surface area contributed by atoms with Crippen LogP contribution in [0.3, 0.4) is 0 Å². The number of nitrogens with two attached hydrogens (primary N) is 1. The molecule has 0 saturated heterocycles. The van der Waals surface area contributed by atoms with Crippen LogP contribution in [-0.4, -0.2) is 17.9 Å². The minimum atomic E-state index is -0.439. The molecule has 0 atom stereocenters. The Morgan fingerprint density at radius 1 is 1.25 bits per heavy atom. The Hall–Kier alpha value is -2.81. The molecule has 1 aliphatic rings. The Morgan fingerprint density at radius 3 is 2.42 bits per heavy atom. The zero-order chi connectivity index (χ0) is 17.5. The molecule has 6 heteroatoms. The summed E-state index contributed by atoms with van der Waals surface area (Å²) in [5.41, 5.74) is 6.68. The van der Waals surface area contributed by atoms with Crippen LogP contribution in [0, 0.1) is 11.3 Å². The molecular weight excluding hydrogens is 304 g/mol. The SMILES string of the molecule is CC(=O)N(/C=C(/C#N)C(=O)NC1CCCCC1)c1ccc(N)cc1. The third-order valence-electron chi connectivity index (χ3n) is 4.07. The molecule has 1 aliphatic carbocycles. The third-order valence-corrected chi connectivity index (χ3v) is 4.07. The molecule has 2 amide bonds. The van der Waals surface area contributed by atoms with E-state index in [-0.39, 0.29) is 17.5 Å². The van der Waals surface area contributed by atoms with Crippen LogP contribution in [0.25, 0.3) is 0 Å². The molecule has 1 aromatic rings. The number of hydrogen-bond acceptors (Lipinski definition) is 4. The highest BCUT2D eigenvalue weighted by molar-refractivity contribution is 6.01. The molecule has 0 heterocycles. The number of nitrogens with zero attached hydrogens (tertiary/aromatic N) is 2. The third kappa shape index (κ3) is 4.59. The summed E-state index contributed by atoms with van der Waals surface area (Å²) in [6.07, 6.45) is 6.50. The van der Waals surface area contributed by atoms with Crippen molar-refractivity contribution in [3.63, 3.8) is 0 Å². The van der Waals surface area contributed by atoms with Gasteiger partial charge in [-0.2, -0.15) is 5.26 Å². The van der Waals surface area contributed by atoms with Crippen molar-refractivity contribution in [2.75, 3.05) is 10.6 Å². The summed E-state index contributed by atoms with van der Waals surface area (Å²) < 4.78 is 0. The van der Waals surface area contributed by atoms with Gasteiger partial charge in [-0.25, -0.2) is 0 Å². The molecule has 6 nitrogen and oxygen atoms in total. The molecule has 3 N–H and O–H groups in total. The fourth-order valence-corrected chi connectivity index (χ4v) is 2.76. The van der Waals surface area contributed by atoms with Gasteiger partial charge in [-0.1, -0.05) is 19.3 Å². The van der Waals surface area contributed by atoms with E-state index >= 15 is 0 Å². The van der Waals surface area contributed by atoms with Crippen molar-refractivity contribution in [1.82, 2.24) is 5.32 Å². The average Bonchev–Trinajstić information content (AvgIpc) is 2.57. The van der Waals surface area contributed by atoms with Gasteiger partial charge in [-0.3, -0.25) is 14.5 Å². The number of anilines is 2. The molecule has 0 aromatic heterocycles. The fourth-order valence-electron chi connectivity index (χ4n) is 2.76. The van der Waals surface area contributed by atoms with Crippen LogP contribution in [-0.2, 0) is 9.59 Å². The summed E-state index contributed by atoms with van der Waals surface area (Å²) in [5.74, 6) is -0.732. The minimum absolute atomic E-state index is 0.0902. The number of nitriles is 1. The van der Waals surface area contributed by atoms with E-state index in [0.29, 0.717) is 11.4 Å². The summed E-state index contributed by atoms with van der Waals surface area (Å²) >= 11 is 0. The van der Waals surface area contributed by atoms with Gasteiger partial charge in [-0.15, -0.1) is 0 Å². The Morgan fingerprint density at radius 2 is 1.88 bits per heavy atom. The highest BCUT2D eigenvalue weighted by Crippen LogP contribution is 2.19. The lowest BCUT2D eigenvalue weighted by molar-refractivity contribution is -0.118. The minimum Gasteiger partial charge on any atom is -0.399 e. The molecule has 0 bridgehead atoms. The van der Waals surface area contributed by atoms with Gasteiger partial charge in [0, 0.05) is 30.5 Å². The first-order chi connectivity index (χ1) is 11.5.